The summed E-state index contributed by atoms with van der Waals surface area (Å²) >= 11 is 0. The zero-order valence-electron chi connectivity index (χ0n) is 11.9. The van der Waals surface area contributed by atoms with Crippen molar-refractivity contribution >= 4 is 23.1 Å². The van der Waals surface area contributed by atoms with Gasteiger partial charge in [0.05, 0.1) is 23.5 Å². The number of carbonyl (C=O) groups excluding carboxylic acids is 1. The highest BCUT2D eigenvalue weighted by Crippen LogP contribution is 2.18. The Morgan fingerprint density at radius 2 is 2.05 bits per heavy atom. The summed E-state index contributed by atoms with van der Waals surface area (Å²) in [7, 11) is 0. The Morgan fingerprint density at radius 3 is 2.67 bits per heavy atom. The van der Waals surface area contributed by atoms with Gasteiger partial charge in [-0.1, -0.05) is 19.9 Å². The summed E-state index contributed by atoms with van der Waals surface area (Å²) in [5, 5.41) is 14.7. The summed E-state index contributed by atoms with van der Waals surface area (Å²) in [5.74, 6) is 0.369. The van der Waals surface area contributed by atoms with Crippen LogP contribution in [0.15, 0.2) is 42.6 Å². The molecule has 1 heterocycles. The second-order valence-electron chi connectivity index (χ2n) is 4.89. The molecule has 0 saturated carbocycles. The number of hydrogen-bond acceptors (Lipinski definition) is 4. The first-order valence-electron chi connectivity index (χ1n) is 6.62. The minimum absolute atomic E-state index is 0.0649. The third kappa shape index (κ3) is 4.05. The number of carbonyl (C=O) groups is 1. The first-order valence-corrected chi connectivity index (χ1v) is 6.62. The molecule has 5 nitrogen and oxygen atoms in total. The van der Waals surface area contributed by atoms with E-state index < -0.39 is 0 Å². The van der Waals surface area contributed by atoms with E-state index in [4.69, 9.17) is 5.26 Å². The SMILES string of the molecule is CC(C)C(=O)Nc1ccc(Nc2cccc(C#N)c2)cn1. The lowest BCUT2D eigenvalue weighted by Crippen LogP contribution is -2.18. The molecule has 0 aliphatic rings. The normalized spacial score (nSPS) is 10.0. The minimum Gasteiger partial charge on any atom is -0.354 e. The number of rotatable bonds is 4. The Balaban J connectivity index is 2.05. The number of benzene rings is 1. The predicted octanol–water partition coefficient (Wildman–Crippen LogP) is 3.29. The molecule has 106 valence electrons. The number of pyridine rings is 1. The lowest BCUT2D eigenvalue weighted by atomic mass is 10.2. The van der Waals surface area contributed by atoms with E-state index in [-0.39, 0.29) is 11.8 Å². The van der Waals surface area contributed by atoms with Crippen molar-refractivity contribution in [1.29, 1.82) is 5.26 Å². The van der Waals surface area contributed by atoms with Crippen molar-refractivity contribution in [3.8, 4) is 6.07 Å². The quantitative estimate of drug-likeness (QED) is 0.900. The van der Waals surface area contributed by atoms with Crippen molar-refractivity contribution in [2.45, 2.75) is 13.8 Å². The van der Waals surface area contributed by atoms with E-state index in [0.29, 0.717) is 11.4 Å². The van der Waals surface area contributed by atoms with Gasteiger partial charge in [-0.2, -0.15) is 5.26 Å². The van der Waals surface area contributed by atoms with Gasteiger partial charge in [-0.15, -0.1) is 0 Å². The van der Waals surface area contributed by atoms with Crippen molar-refractivity contribution in [2.24, 2.45) is 5.92 Å². The van der Waals surface area contributed by atoms with Crippen LogP contribution in [0.1, 0.15) is 19.4 Å². The number of hydrogen-bond donors (Lipinski definition) is 2. The molecule has 5 heteroatoms. The molecule has 0 saturated heterocycles. The van der Waals surface area contributed by atoms with Gasteiger partial charge in [0.25, 0.3) is 0 Å². The molecule has 0 aliphatic carbocycles. The Kier molecular flexibility index (Phi) is 4.52. The van der Waals surface area contributed by atoms with Crippen LogP contribution in [0.4, 0.5) is 17.2 Å². The maximum Gasteiger partial charge on any atom is 0.228 e. The molecule has 0 aliphatic heterocycles. The van der Waals surface area contributed by atoms with Crippen LogP contribution in [-0.2, 0) is 4.79 Å². The lowest BCUT2D eigenvalue weighted by Gasteiger charge is -2.09. The largest absolute Gasteiger partial charge is 0.354 e. The first-order chi connectivity index (χ1) is 10.1. The fourth-order valence-corrected chi connectivity index (χ4v) is 1.65. The van der Waals surface area contributed by atoms with Gasteiger partial charge < -0.3 is 10.6 Å². The van der Waals surface area contributed by atoms with E-state index >= 15 is 0 Å². The van der Waals surface area contributed by atoms with Gasteiger partial charge in [-0.05, 0) is 30.3 Å². The summed E-state index contributed by atoms with van der Waals surface area (Å²) < 4.78 is 0. The van der Waals surface area contributed by atoms with E-state index in [1.54, 1.807) is 24.4 Å². The van der Waals surface area contributed by atoms with Crippen molar-refractivity contribution in [3.05, 3.63) is 48.2 Å². The van der Waals surface area contributed by atoms with E-state index in [1.807, 2.05) is 32.0 Å². The Hall–Kier alpha value is -2.87. The van der Waals surface area contributed by atoms with Crippen LogP contribution in [-0.4, -0.2) is 10.9 Å². The smallest absolute Gasteiger partial charge is 0.228 e. The van der Waals surface area contributed by atoms with Crippen molar-refractivity contribution in [3.63, 3.8) is 0 Å². The summed E-state index contributed by atoms with van der Waals surface area (Å²) in [4.78, 5) is 15.7. The third-order valence-electron chi connectivity index (χ3n) is 2.82. The highest BCUT2D eigenvalue weighted by Gasteiger charge is 2.07. The van der Waals surface area contributed by atoms with Gasteiger partial charge in [-0.25, -0.2) is 4.98 Å². The molecule has 0 radical (unpaired) electrons. The predicted molar refractivity (Wildman–Crippen MR) is 82.1 cm³/mol. The lowest BCUT2D eigenvalue weighted by molar-refractivity contribution is -0.118. The summed E-state index contributed by atoms with van der Waals surface area (Å²) in [6.45, 7) is 3.65. The van der Waals surface area contributed by atoms with Gasteiger partial charge in [0, 0.05) is 11.6 Å². The van der Waals surface area contributed by atoms with Crippen LogP contribution < -0.4 is 10.6 Å². The number of nitrogens with one attached hydrogen (secondary N) is 2. The van der Waals surface area contributed by atoms with Gasteiger partial charge in [-0.3, -0.25) is 4.79 Å². The van der Waals surface area contributed by atoms with Crippen LogP contribution in [0.5, 0.6) is 0 Å². The first kappa shape index (κ1) is 14.5. The fraction of sp³-hybridized carbons (Fsp3) is 0.188. The molecule has 0 unspecified atom stereocenters. The number of aromatic nitrogens is 1. The molecule has 2 aromatic rings. The van der Waals surface area contributed by atoms with E-state index in [1.165, 1.54) is 0 Å². The zero-order chi connectivity index (χ0) is 15.2. The summed E-state index contributed by atoms with van der Waals surface area (Å²) in [6, 6.07) is 12.8. The number of anilines is 3. The molecule has 2 N–H and O–H groups in total. The molecule has 1 aromatic heterocycles. The standard InChI is InChI=1S/C16H16N4O/c1-11(2)16(21)20-15-7-6-14(10-18-15)19-13-5-3-4-12(8-13)9-17/h3-8,10-11,19H,1-2H3,(H,18,20,21). The molecule has 1 amide bonds. The average Bonchev–Trinajstić information content (AvgIpc) is 2.49. The van der Waals surface area contributed by atoms with Crippen LogP contribution in [0.3, 0.4) is 0 Å². The number of amides is 1. The van der Waals surface area contributed by atoms with Gasteiger partial charge >= 0.3 is 0 Å². The Bertz CT molecular complexity index is 671. The minimum atomic E-state index is -0.0849. The summed E-state index contributed by atoms with van der Waals surface area (Å²) in [6.07, 6.45) is 1.63. The molecule has 0 fully saturated rings. The zero-order valence-corrected chi connectivity index (χ0v) is 11.9. The molecule has 2 rings (SSSR count). The molecule has 21 heavy (non-hydrogen) atoms. The van der Waals surface area contributed by atoms with Crippen LogP contribution >= 0.6 is 0 Å². The monoisotopic (exact) mass is 280 g/mol. The van der Waals surface area contributed by atoms with E-state index in [2.05, 4.69) is 21.7 Å². The van der Waals surface area contributed by atoms with Crippen LogP contribution in [0, 0.1) is 17.2 Å². The van der Waals surface area contributed by atoms with Crippen molar-refractivity contribution in [1.82, 2.24) is 4.98 Å². The van der Waals surface area contributed by atoms with Gasteiger partial charge in [0.2, 0.25) is 5.91 Å². The van der Waals surface area contributed by atoms with Gasteiger partial charge in [0.1, 0.15) is 5.82 Å². The molecule has 0 atom stereocenters. The third-order valence-corrected chi connectivity index (χ3v) is 2.82. The van der Waals surface area contributed by atoms with E-state index in [9.17, 15) is 4.79 Å². The highest BCUT2D eigenvalue weighted by atomic mass is 16.1. The average molecular weight is 280 g/mol. The Labute approximate surface area is 123 Å². The second-order valence-corrected chi connectivity index (χ2v) is 4.89. The van der Waals surface area contributed by atoms with Crippen LogP contribution in [0.2, 0.25) is 0 Å². The maximum atomic E-state index is 11.6. The highest BCUT2D eigenvalue weighted by molar-refractivity contribution is 5.91. The number of nitriles is 1. The topological polar surface area (TPSA) is 77.8 Å². The second kappa shape index (κ2) is 6.53. The maximum absolute atomic E-state index is 11.6. The molecule has 0 spiro atoms. The number of nitrogens with zero attached hydrogens (tertiary/aromatic N) is 2. The van der Waals surface area contributed by atoms with Crippen molar-refractivity contribution < 1.29 is 4.79 Å². The molecular formula is C16H16N4O. The fourth-order valence-electron chi connectivity index (χ4n) is 1.65. The molecule has 1 aromatic carbocycles. The molecule has 0 bridgehead atoms. The van der Waals surface area contributed by atoms with Crippen LogP contribution in [0.25, 0.3) is 0 Å². The summed E-state index contributed by atoms with van der Waals surface area (Å²) in [5.41, 5.74) is 2.19. The Morgan fingerprint density at radius 1 is 1.24 bits per heavy atom. The van der Waals surface area contributed by atoms with Gasteiger partial charge in [0.15, 0.2) is 0 Å². The molecular weight excluding hydrogens is 264 g/mol. The van der Waals surface area contributed by atoms with E-state index in [0.717, 1.165) is 11.4 Å². The van der Waals surface area contributed by atoms with Crippen molar-refractivity contribution in [2.75, 3.05) is 10.6 Å².